The largest absolute Gasteiger partial charge is 0.460 e. The maximum Gasteiger partial charge on any atom is 0.381 e. The van der Waals surface area contributed by atoms with Crippen molar-refractivity contribution in [1.29, 1.82) is 0 Å². The van der Waals surface area contributed by atoms with Crippen LogP contribution in [-0.2, 0) is 20.8 Å². The van der Waals surface area contributed by atoms with Crippen molar-refractivity contribution in [3.05, 3.63) is 22.1 Å². The van der Waals surface area contributed by atoms with Crippen LogP contribution in [0, 0.1) is 17.0 Å². The molecule has 122 valence electrons. The Morgan fingerprint density at radius 2 is 2.14 bits per heavy atom. The van der Waals surface area contributed by atoms with Gasteiger partial charge < -0.3 is 24.2 Å². The van der Waals surface area contributed by atoms with Crippen LogP contribution in [0.2, 0.25) is 0 Å². The zero-order valence-electron chi connectivity index (χ0n) is 12.9. The Hall–Kier alpha value is -1.96. The zero-order valence-corrected chi connectivity index (χ0v) is 12.9. The topological polar surface area (TPSA) is 96.5 Å². The van der Waals surface area contributed by atoms with Crippen molar-refractivity contribution < 1.29 is 19.2 Å². The third-order valence-corrected chi connectivity index (χ3v) is 3.93. The molecule has 2 atom stereocenters. The van der Waals surface area contributed by atoms with Gasteiger partial charge in [0, 0.05) is 20.6 Å². The Balaban J connectivity index is 1.86. The van der Waals surface area contributed by atoms with E-state index in [1.165, 1.54) is 6.20 Å². The number of hydrogen-bond acceptors (Lipinski definition) is 6. The summed E-state index contributed by atoms with van der Waals surface area (Å²) in [6.07, 6.45) is 5.11. The minimum Gasteiger partial charge on any atom is -0.460 e. The fraction of sp³-hybridized carbons (Fsp3) is 0.714. The number of nitro groups is 1. The number of imidazole rings is 1. The van der Waals surface area contributed by atoms with Gasteiger partial charge in [-0.1, -0.05) is 6.42 Å². The molecule has 8 nitrogen and oxygen atoms in total. The highest BCUT2D eigenvalue weighted by Gasteiger charge is 2.28. The summed E-state index contributed by atoms with van der Waals surface area (Å²) < 4.78 is 12.4. The third-order valence-electron chi connectivity index (χ3n) is 3.93. The Labute approximate surface area is 128 Å². The number of carbonyl (C=O) groups is 1. The molecule has 0 unspecified atom stereocenters. The number of nitrogens with zero attached hydrogens (tertiary/aromatic N) is 3. The van der Waals surface area contributed by atoms with E-state index in [2.05, 4.69) is 4.98 Å². The number of methoxy groups -OCH3 is 1. The number of rotatable bonds is 6. The molecule has 1 fully saturated rings. The summed E-state index contributed by atoms with van der Waals surface area (Å²) in [7, 11) is 1.63. The fourth-order valence-electron chi connectivity index (χ4n) is 2.71. The molecule has 1 heterocycles. The number of carbonyl (C=O) groups excluding carboxylic acids is 1. The highest BCUT2D eigenvalue weighted by molar-refractivity contribution is 5.69. The second-order valence-corrected chi connectivity index (χ2v) is 5.43. The monoisotopic (exact) mass is 311 g/mol. The first-order chi connectivity index (χ1) is 10.5. The lowest BCUT2D eigenvalue weighted by atomic mass is 9.94. The highest BCUT2D eigenvalue weighted by Crippen LogP contribution is 2.23. The molecule has 0 saturated heterocycles. The normalized spacial score (nSPS) is 21.5. The first kappa shape index (κ1) is 16.4. The van der Waals surface area contributed by atoms with Crippen LogP contribution >= 0.6 is 0 Å². The molecule has 8 heteroatoms. The quantitative estimate of drug-likeness (QED) is 0.453. The molecule has 0 spiro atoms. The van der Waals surface area contributed by atoms with E-state index < -0.39 is 4.92 Å². The minimum atomic E-state index is -0.549. The number of esters is 1. The van der Waals surface area contributed by atoms with E-state index in [9.17, 15) is 14.9 Å². The van der Waals surface area contributed by atoms with Gasteiger partial charge in [-0.3, -0.25) is 4.79 Å². The molecule has 0 aliphatic heterocycles. The van der Waals surface area contributed by atoms with Crippen molar-refractivity contribution in [2.45, 2.75) is 57.8 Å². The van der Waals surface area contributed by atoms with Crippen LogP contribution < -0.4 is 0 Å². The Kier molecular flexibility index (Phi) is 5.48. The molecule has 1 aliphatic carbocycles. The average molecular weight is 311 g/mol. The molecule has 2 rings (SSSR count). The Morgan fingerprint density at radius 3 is 2.73 bits per heavy atom. The van der Waals surface area contributed by atoms with Crippen molar-refractivity contribution in [2.24, 2.45) is 0 Å². The van der Waals surface area contributed by atoms with Gasteiger partial charge >= 0.3 is 11.8 Å². The molecule has 0 amide bonds. The lowest BCUT2D eigenvalue weighted by Gasteiger charge is -2.29. The lowest BCUT2D eigenvalue weighted by Crippen LogP contribution is -2.35. The van der Waals surface area contributed by atoms with E-state index >= 15 is 0 Å². The predicted molar refractivity (Wildman–Crippen MR) is 77.4 cm³/mol. The smallest absolute Gasteiger partial charge is 0.381 e. The molecule has 1 aromatic rings. The molecule has 0 bridgehead atoms. The van der Waals surface area contributed by atoms with Crippen LogP contribution in [0.3, 0.4) is 0 Å². The molecular formula is C14H21N3O5. The van der Waals surface area contributed by atoms with Gasteiger partial charge in [0.05, 0.1) is 12.5 Å². The summed E-state index contributed by atoms with van der Waals surface area (Å²) >= 11 is 0. The van der Waals surface area contributed by atoms with Gasteiger partial charge in [0.15, 0.2) is 0 Å². The molecule has 0 radical (unpaired) electrons. The number of hydrogen-bond donors (Lipinski definition) is 0. The first-order valence-corrected chi connectivity index (χ1v) is 7.41. The van der Waals surface area contributed by atoms with Crippen molar-refractivity contribution in [3.8, 4) is 0 Å². The van der Waals surface area contributed by atoms with E-state index in [1.54, 1.807) is 18.6 Å². The van der Waals surface area contributed by atoms with Crippen LogP contribution in [-0.4, -0.2) is 39.8 Å². The van der Waals surface area contributed by atoms with Crippen LogP contribution in [0.15, 0.2) is 6.20 Å². The molecule has 1 saturated carbocycles. The van der Waals surface area contributed by atoms with Crippen molar-refractivity contribution in [2.75, 3.05) is 7.11 Å². The average Bonchev–Trinajstić information content (AvgIpc) is 2.87. The minimum absolute atomic E-state index is 0.0335. The summed E-state index contributed by atoms with van der Waals surface area (Å²) in [5, 5.41) is 10.7. The maximum atomic E-state index is 12.0. The summed E-state index contributed by atoms with van der Waals surface area (Å²) in [5.74, 6) is -0.0192. The van der Waals surface area contributed by atoms with Gasteiger partial charge in [-0.25, -0.2) is 0 Å². The summed E-state index contributed by atoms with van der Waals surface area (Å²) in [4.78, 5) is 25.9. The first-order valence-electron chi connectivity index (χ1n) is 7.41. The standard InChI is InChI=1S/C14H21N3O5/c1-10-15-13(17(19)20)9-16(10)8-7-14(18)22-12-6-4-3-5-11(12)21-2/h9,11-12H,3-8H2,1-2H3/t11-,12+/m1/s1. The highest BCUT2D eigenvalue weighted by atomic mass is 16.6. The van der Waals surface area contributed by atoms with Gasteiger partial charge in [0.25, 0.3) is 0 Å². The van der Waals surface area contributed by atoms with E-state index in [0.717, 1.165) is 25.7 Å². The third kappa shape index (κ3) is 4.03. The number of ether oxygens (including phenoxy) is 2. The number of aryl methyl sites for hydroxylation is 2. The molecular weight excluding hydrogens is 290 g/mol. The maximum absolute atomic E-state index is 12.0. The van der Waals surface area contributed by atoms with Crippen molar-refractivity contribution >= 4 is 11.8 Å². The Bertz CT molecular complexity index is 543. The lowest BCUT2D eigenvalue weighted by molar-refractivity contribution is -0.389. The molecule has 22 heavy (non-hydrogen) atoms. The molecule has 0 aromatic carbocycles. The van der Waals surface area contributed by atoms with E-state index in [4.69, 9.17) is 9.47 Å². The van der Waals surface area contributed by atoms with Crippen LogP contribution in [0.4, 0.5) is 5.82 Å². The van der Waals surface area contributed by atoms with E-state index in [0.29, 0.717) is 12.4 Å². The predicted octanol–water partition coefficient (Wildman–Crippen LogP) is 1.99. The van der Waals surface area contributed by atoms with Gasteiger partial charge in [-0.2, -0.15) is 0 Å². The van der Waals surface area contributed by atoms with Gasteiger partial charge in [-0.15, -0.1) is 0 Å². The van der Waals surface area contributed by atoms with Crippen LogP contribution in [0.25, 0.3) is 0 Å². The molecule has 0 N–H and O–H groups in total. The summed E-state index contributed by atoms with van der Waals surface area (Å²) in [5.41, 5.74) is 0. The number of aromatic nitrogens is 2. The molecule has 1 aromatic heterocycles. The van der Waals surface area contributed by atoms with E-state index in [1.807, 2.05) is 0 Å². The van der Waals surface area contributed by atoms with Crippen molar-refractivity contribution in [1.82, 2.24) is 9.55 Å². The molecule has 1 aliphatic rings. The van der Waals surface area contributed by atoms with Crippen LogP contribution in [0.5, 0.6) is 0 Å². The summed E-state index contributed by atoms with van der Waals surface area (Å²) in [6.45, 7) is 1.98. The van der Waals surface area contributed by atoms with Gasteiger partial charge in [0.1, 0.15) is 12.3 Å². The van der Waals surface area contributed by atoms with Crippen LogP contribution in [0.1, 0.15) is 37.9 Å². The summed E-state index contributed by atoms with van der Waals surface area (Å²) in [6, 6.07) is 0. The van der Waals surface area contributed by atoms with Gasteiger partial charge in [0.2, 0.25) is 5.82 Å². The zero-order chi connectivity index (χ0) is 16.1. The second kappa shape index (κ2) is 7.35. The van der Waals surface area contributed by atoms with Crippen molar-refractivity contribution in [3.63, 3.8) is 0 Å². The fourth-order valence-corrected chi connectivity index (χ4v) is 2.71. The second-order valence-electron chi connectivity index (χ2n) is 5.43. The van der Waals surface area contributed by atoms with Gasteiger partial charge in [-0.05, 0) is 29.2 Å². The Morgan fingerprint density at radius 1 is 1.45 bits per heavy atom. The SMILES string of the molecule is CO[C@@H]1CCCC[C@@H]1OC(=O)CCn1cc([N+](=O)[O-])nc1C. The van der Waals surface area contributed by atoms with E-state index in [-0.39, 0.29) is 30.4 Å².